The van der Waals surface area contributed by atoms with Crippen LogP contribution in [0.3, 0.4) is 0 Å². The van der Waals surface area contributed by atoms with Gasteiger partial charge in [0, 0.05) is 11.8 Å². The van der Waals surface area contributed by atoms with E-state index in [-0.39, 0.29) is 5.82 Å². The molecule has 0 aliphatic carbocycles. The zero-order valence-corrected chi connectivity index (χ0v) is 12.1. The van der Waals surface area contributed by atoms with Gasteiger partial charge in [0.05, 0.1) is 0 Å². The van der Waals surface area contributed by atoms with Crippen LogP contribution in [0.25, 0.3) is 0 Å². The van der Waals surface area contributed by atoms with Gasteiger partial charge in [0.25, 0.3) is 0 Å². The molecule has 0 aliphatic heterocycles. The normalized spacial score (nSPS) is 11.8. The topological polar surface area (TPSA) is 37.8 Å². The Bertz CT molecular complexity index is 624. The van der Waals surface area contributed by atoms with Crippen molar-refractivity contribution in [2.45, 2.75) is 25.9 Å². The van der Waals surface area contributed by atoms with Crippen molar-refractivity contribution in [3.05, 3.63) is 46.9 Å². The molecule has 1 aromatic carbocycles. The van der Waals surface area contributed by atoms with Crippen LogP contribution in [0.5, 0.6) is 0 Å². The van der Waals surface area contributed by atoms with Crippen molar-refractivity contribution in [2.75, 3.05) is 5.32 Å². The Labute approximate surface area is 125 Å². The van der Waals surface area contributed by atoms with Crippen LogP contribution in [-0.2, 0) is 6.18 Å². The summed E-state index contributed by atoms with van der Waals surface area (Å²) >= 11 is 5.53. The molecule has 0 radical (unpaired) electrons. The van der Waals surface area contributed by atoms with Crippen molar-refractivity contribution in [3.8, 4) is 0 Å². The Morgan fingerprint density at radius 3 is 2.24 bits per heavy atom. The summed E-state index contributed by atoms with van der Waals surface area (Å²) < 4.78 is 38.0. The number of aromatic nitrogens is 2. The van der Waals surface area contributed by atoms with Gasteiger partial charge in [0.2, 0.25) is 5.28 Å². The largest absolute Gasteiger partial charge is 0.433 e. The molecule has 1 heterocycles. The summed E-state index contributed by atoms with van der Waals surface area (Å²) in [6, 6.07) is 8.18. The van der Waals surface area contributed by atoms with Crippen molar-refractivity contribution in [3.63, 3.8) is 0 Å². The predicted octanol–water partition coefficient (Wildman–Crippen LogP) is 5.02. The molecule has 0 spiro atoms. The maximum absolute atomic E-state index is 12.7. The third-order valence-electron chi connectivity index (χ3n) is 2.84. The Hall–Kier alpha value is -1.82. The van der Waals surface area contributed by atoms with Crippen LogP contribution < -0.4 is 5.32 Å². The van der Waals surface area contributed by atoms with Crippen molar-refractivity contribution in [1.29, 1.82) is 0 Å². The zero-order valence-electron chi connectivity index (χ0n) is 11.4. The van der Waals surface area contributed by atoms with E-state index in [0.29, 0.717) is 11.6 Å². The first-order chi connectivity index (χ1) is 9.75. The van der Waals surface area contributed by atoms with Crippen molar-refractivity contribution in [1.82, 2.24) is 9.97 Å². The number of alkyl halides is 3. The summed E-state index contributed by atoms with van der Waals surface area (Å²) in [5.41, 5.74) is 0.684. The highest BCUT2D eigenvalue weighted by atomic mass is 35.5. The average Bonchev–Trinajstić information content (AvgIpc) is 2.37. The molecule has 0 fully saturated rings. The molecule has 1 N–H and O–H groups in total. The molecule has 0 bridgehead atoms. The van der Waals surface area contributed by atoms with E-state index in [2.05, 4.69) is 29.1 Å². The fourth-order valence-electron chi connectivity index (χ4n) is 1.73. The fraction of sp³-hybridized carbons (Fsp3) is 0.286. The molecular formula is C14H13ClF3N3. The van der Waals surface area contributed by atoms with E-state index in [9.17, 15) is 13.2 Å². The van der Waals surface area contributed by atoms with Gasteiger partial charge >= 0.3 is 6.18 Å². The lowest BCUT2D eigenvalue weighted by Crippen LogP contribution is -2.10. The van der Waals surface area contributed by atoms with Crippen LogP contribution in [0.1, 0.15) is 31.0 Å². The van der Waals surface area contributed by atoms with Crippen molar-refractivity contribution in [2.24, 2.45) is 0 Å². The van der Waals surface area contributed by atoms with Crippen LogP contribution in [0.4, 0.5) is 24.7 Å². The SMILES string of the molecule is CC(C)c1ccc(Nc2cc(C(F)(F)F)nc(Cl)n2)cc1. The highest BCUT2D eigenvalue weighted by molar-refractivity contribution is 6.28. The van der Waals surface area contributed by atoms with Crippen LogP contribution in [0, 0.1) is 0 Å². The first-order valence-corrected chi connectivity index (χ1v) is 6.62. The molecule has 0 saturated carbocycles. The van der Waals surface area contributed by atoms with E-state index in [0.717, 1.165) is 11.6 Å². The van der Waals surface area contributed by atoms with Gasteiger partial charge in [-0.25, -0.2) is 9.97 Å². The number of nitrogens with one attached hydrogen (secondary N) is 1. The second kappa shape index (κ2) is 5.89. The number of hydrogen-bond donors (Lipinski definition) is 1. The Morgan fingerprint density at radius 1 is 1.10 bits per heavy atom. The lowest BCUT2D eigenvalue weighted by atomic mass is 10.0. The fourth-order valence-corrected chi connectivity index (χ4v) is 1.91. The van der Waals surface area contributed by atoms with Gasteiger partial charge in [0.15, 0.2) is 5.69 Å². The summed E-state index contributed by atoms with van der Waals surface area (Å²) in [5, 5.41) is 2.34. The van der Waals surface area contributed by atoms with E-state index in [1.807, 2.05) is 12.1 Å². The minimum atomic E-state index is -4.56. The molecule has 0 unspecified atom stereocenters. The molecule has 3 nitrogen and oxygen atoms in total. The molecule has 0 saturated heterocycles. The molecule has 2 aromatic rings. The first-order valence-electron chi connectivity index (χ1n) is 6.24. The molecule has 0 amide bonds. The molecule has 1 aromatic heterocycles. The first kappa shape index (κ1) is 15.6. The number of hydrogen-bond acceptors (Lipinski definition) is 3. The number of halogens is 4. The van der Waals surface area contributed by atoms with Crippen LogP contribution >= 0.6 is 11.6 Å². The molecule has 0 atom stereocenters. The third-order valence-corrected chi connectivity index (χ3v) is 3.01. The maximum atomic E-state index is 12.7. The van der Waals surface area contributed by atoms with E-state index in [1.165, 1.54) is 0 Å². The van der Waals surface area contributed by atoms with E-state index >= 15 is 0 Å². The Morgan fingerprint density at radius 2 is 1.71 bits per heavy atom. The lowest BCUT2D eigenvalue weighted by molar-refractivity contribution is -0.141. The maximum Gasteiger partial charge on any atom is 0.433 e. The highest BCUT2D eigenvalue weighted by Crippen LogP contribution is 2.30. The van der Waals surface area contributed by atoms with Gasteiger partial charge in [-0.3, -0.25) is 0 Å². The van der Waals surface area contributed by atoms with E-state index < -0.39 is 17.2 Å². The summed E-state index contributed by atoms with van der Waals surface area (Å²) in [6.45, 7) is 4.12. The summed E-state index contributed by atoms with van der Waals surface area (Å²) in [6.07, 6.45) is -4.56. The van der Waals surface area contributed by atoms with E-state index in [1.54, 1.807) is 12.1 Å². The third kappa shape index (κ3) is 4.07. The van der Waals surface area contributed by atoms with E-state index in [4.69, 9.17) is 11.6 Å². The number of anilines is 2. The standard InChI is InChI=1S/C14H13ClF3N3/c1-8(2)9-3-5-10(6-4-9)19-12-7-11(14(16,17)18)20-13(15)21-12/h3-8H,1-2H3,(H,19,20,21). The Kier molecular flexibility index (Phi) is 4.37. The van der Waals surface area contributed by atoms with Crippen LogP contribution in [0.15, 0.2) is 30.3 Å². The number of nitrogens with zero attached hydrogens (tertiary/aromatic N) is 2. The van der Waals surface area contributed by atoms with Crippen molar-refractivity contribution >= 4 is 23.1 Å². The predicted molar refractivity (Wildman–Crippen MR) is 75.9 cm³/mol. The van der Waals surface area contributed by atoms with Gasteiger partial charge in [-0.15, -0.1) is 0 Å². The second-order valence-corrected chi connectivity index (χ2v) is 5.14. The lowest BCUT2D eigenvalue weighted by Gasteiger charge is -2.11. The van der Waals surface area contributed by atoms with Gasteiger partial charge in [-0.05, 0) is 35.2 Å². The number of benzene rings is 1. The van der Waals surface area contributed by atoms with Gasteiger partial charge in [0.1, 0.15) is 5.82 Å². The minimum Gasteiger partial charge on any atom is -0.340 e. The summed E-state index contributed by atoms with van der Waals surface area (Å²) in [7, 11) is 0. The Balaban J connectivity index is 2.25. The summed E-state index contributed by atoms with van der Waals surface area (Å²) in [5.74, 6) is 0.379. The quantitative estimate of drug-likeness (QED) is 0.808. The van der Waals surface area contributed by atoms with Gasteiger partial charge < -0.3 is 5.32 Å². The molecule has 2 rings (SSSR count). The second-order valence-electron chi connectivity index (χ2n) is 4.81. The smallest absolute Gasteiger partial charge is 0.340 e. The highest BCUT2D eigenvalue weighted by Gasteiger charge is 2.33. The van der Waals surface area contributed by atoms with Gasteiger partial charge in [-0.1, -0.05) is 26.0 Å². The average molecular weight is 316 g/mol. The molecular weight excluding hydrogens is 303 g/mol. The zero-order chi connectivity index (χ0) is 15.6. The number of rotatable bonds is 3. The van der Waals surface area contributed by atoms with Crippen LogP contribution in [0.2, 0.25) is 5.28 Å². The van der Waals surface area contributed by atoms with Gasteiger partial charge in [-0.2, -0.15) is 13.2 Å². The minimum absolute atomic E-state index is 0.000350. The summed E-state index contributed by atoms with van der Waals surface area (Å²) in [4.78, 5) is 6.92. The molecule has 21 heavy (non-hydrogen) atoms. The molecule has 112 valence electrons. The van der Waals surface area contributed by atoms with Crippen molar-refractivity contribution < 1.29 is 13.2 Å². The van der Waals surface area contributed by atoms with Crippen LogP contribution in [-0.4, -0.2) is 9.97 Å². The molecule has 7 heteroatoms. The molecule has 0 aliphatic rings. The monoisotopic (exact) mass is 315 g/mol.